The van der Waals surface area contributed by atoms with Gasteiger partial charge in [0.1, 0.15) is 5.69 Å². The SMILES string of the molecule is Cc1cc(C(=O)NC(C)(C)C)nc(Nc2ccc(Cl)c(Cl)c2)n1. The molecule has 1 heterocycles. The number of hydrogen-bond donors (Lipinski definition) is 2. The third-order valence-corrected chi connectivity index (χ3v) is 3.49. The van der Waals surface area contributed by atoms with Crippen LogP contribution in [0, 0.1) is 6.92 Å². The van der Waals surface area contributed by atoms with Crippen LogP contribution in [0.15, 0.2) is 24.3 Å². The average molecular weight is 353 g/mol. The van der Waals surface area contributed by atoms with Gasteiger partial charge in [0, 0.05) is 16.9 Å². The zero-order valence-electron chi connectivity index (χ0n) is 13.4. The predicted octanol–water partition coefficient (Wildman–Crippen LogP) is 4.36. The molecule has 0 bridgehead atoms. The van der Waals surface area contributed by atoms with Gasteiger partial charge in [-0.15, -0.1) is 0 Å². The summed E-state index contributed by atoms with van der Waals surface area (Å²) in [6, 6.07) is 6.75. The van der Waals surface area contributed by atoms with Gasteiger partial charge >= 0.3 is 0 Å². The Labute approximate surface area is 145 Å². The first-order chi connectivity index (χ1) is 10.6. The molecule has 0 spiro atoms. The molecule has 0 saturated heterocycles. The molecule has 23 heavy (non-hydrogen) atoms. The van der Waals surface area contributed by atoms with Crippen LogP contribution in [0.5, 0.6) is 0 Å². The van der Waals surface area contributed by atoms with E-state index in [1.807, 2.05) is 20.8 Å². The van der Waals surface area contributed by atoms with Crippen molar-refractivity contribution in [1.82, 2.24) is 15.3 Å². The number of carbonyl (C=O) groups excluding carboxylic acids is 1. The number of nitrogens with one attached hydrogen (secondary N) is 2. The first kappa shape index (κ1) is 17.5. The van der Waals surface area contributed by atoms with Gasteiger partial charge < -0.3 is 10.6 Å². The van der Waals surface area contributed by atoms with Crippen molar-refractivity contribution in [3.63, 3.8) is 0 Å². The number of hydrogen-bond acceptors (Lipinski definition) is 4. The smallest absolute Gasteiger partial charge is 0.270 e. The second kappa shape index (κ2) is 6.72. The van der Waals surface area contributed by atoms with Gasteiger partial charge in [0.05, 0.1) is 10.0 Å². The third-order valence-electron chi connectivity index (χ3n) is 2.75. The molecule has 1 aromatic heterocycles. The van der Waals surface area contributed by atoms with Crippen LogP contribution in [0.3, 0.4) is 0 Å². The monoisotopic (exact) mass is 352 g/mol. The molecule has 7 heteroatoms. The minimum atomic E-state index is -0.340. The molecule has 0 aliphatic carbocycles. The zero-order chi connectivity index (χ0) is 17.2. The molecule has 0 aliphatic heterocycles. The highest BCUT2D eigenvalue weighted by molar-refractivity contribution is 6.42. The van der Waals surface area contributed by atoms with Crippen LogP contribution in [0.1, 0.15) is 37.0 Å². The van der Waals surface area contributed by atoms with Gasteiger partial charge in [-0.05, 0) is 52.0 Å². The van der Waals surface area contributed by atoms with Crippen molar-refractivity contribution in [3.05, 3.63) is 45.7 Å². The van der Waals surface area contributed by atoms with E-state index in [2.05, 4.69) is 20.6 Å². The molecular formula is C16H18Cl2N4O. The molecule has 0 saturated carbocycles. The normalized spacial score (nSPS) is 11.2. The van der Waals surface area contributed by atoms with E-state index >= 15 is 0 Å². The number of benzene rings is 1. The van der Waals surface area contributed by atoms with Crippen molar-refractivity contribution < 1.29 is 4.79 Å². The average Bonchev–Trinajstić information content (AvgIpc) is 2.40. The summed E-state index contributed by atoms with van der Waals surface area (Å²) in [5.41, 5.74) is 1.33. The summed E-state index contributed by atoms with van der Waals surface area (Å²) in [6.07, 6.45) is 0. The van der Waals surface area contributed by atoms with Crippen molar-refractivity contribution >= 4 is 40.7 Å². The van der Waals surface area contributed by atoms with Crippen LogP contribution < -0.4 is 10.6 Å². The lowest BCUT2D eigenvalue weighted by molar-refractivity contribution is 0.0914. The third kappa shape index (κ3) is 5.08. The number of nitrogens with zero attached hydrogens (tertiary/aromatic N) is 2. The lowest BCUT2D eigenvalue weighted by atomic mass is 10.1. The van der Waals surface area contributed by atoms with Crippen LogP contribution in [0.4, 0.5) is 11.6 Å². The highest BCUT2D eigenvalue weighted by Crippen LogP contribution is 2.26. The molecule has 1 aromatic carbocycles. The minimum Gasteiger partial charge on any atom is -0.346 e. The van der Waals surface area contributed by atoms with Crippen molar-refractivity contribution in [2.24, 2.45) is 0 Å². The standard InChI is InChI=1S/C16H18Cl2N4O/c1-9-7-13(14(23)22-16(2,3)4)21-15(19-9)20-10-5-6-11(17)12(18)8-10/h5-8H,1-4H3,(H,22,23)(H,19,20,21). The molecule has 1 amide bonds. The first-order valence-corrected chi connectivity index (χ1v) is 7.80. The summed E-state index contributed by atoms with van der Waals surface area (Å²) < 4.78 is 0. The molecule has 2 aromatic rings. The summed E-state index contributed by atoms with van der Waals surface area (Å²) in [5, 5.41) is 6.79. The van der Waals surface area contributed by atoms with Gasteiger partial charge in [-0.1, -0.05) is 23.2 Å². The van der Waals surface area contributed by atoms with E-state index in [1.165, 1.54) is 0 Å². The molecule has 0 aliphatic rings. The molecule has 2 rings (SSSR count). The summed E-state index contributed by atoms with van der Waals surface area (Å²) in [5.74, 6) is 0.0719. The highest BCUT2D eigenvalue weighted by atomic mass is 35.5. The molecule has 5 nitrogen and oxygen atoms in total. The zero-order valence-corrected chi connectivity index (χ0v) is 14.9. The lowest BCUT2D eigenvalue weighted by Gasteiger charge is -2.20. The van der Waals surface area contributed by atoms with Crippen LogP contribution in [0.2, 0.25) is 10.0 Å². The number of amides is 1. The largest absolute Gasteiger partial charge is 0.346 e. The summed E-state index contributed by atoms with van der Waals surface area (Å²) in [7, 11) is 0. The molecule has 0 unspecified atom stereocenters. The van der Waals surface area contributed by atoms with Gasteiger partial charge in [0.15, 0.2) is 0 Å². The van der Waals surface area contributed by atoms with E-state index in [1.54, 1.807) is 31.2 Å². The first-order valence-electron chi connectivity index (χ1n) is 7.04. The fraction of sp³-hybridized carbons (Fsp3) is 0.312. The number of aryl methyl sites for hydroxylation is 1. The Hall–Kier alpha value is -1.85. The van der Waals surface area contributed by atoms with Crippen molar-refractivity contribution in [1.29, 1.82) is 0 Å². The van der Waals surface area contributed by atoms with E-state index in [0.29, 0.717) is 33.1 Å². The Morgan fingerprint density at radius 1 is 1.09 bits per heavy atom. The van der Waals surface area contributed by atoms with E-state index in [-0.39, 0.29) is 11.4 Å². The van der Waals surface area contributed by atoms with E-state index in [0.717, 1.165) is 0 Å². The van der Waals surface area contributed by atoms with Crippen molar-refractivity contribution in [2.45, 2.75) is 33.2 Å². The number of rotatable bonds is 3. The van der Waals surface area contributed by atoms with Gasteiger partial charge in [-0.25, -0.2) is 9.97 Å². The molecule has 0 radical (unpaired) electrons. The van der Waals surface area contributed by atoms with E-state index in [9.17, 15) is 4.79 Å². The van der Waals surface area contributed by atoms with Crippen molar-refractivity contribution in [2.75, 3.05) is 5.32 Å². The Balaban J connectivity index is 2.26. The van der Waals surface area contributed by atoms with E-state index in [4.69, 9.17) is 23.2 Å². The van der Waals surface area contributed by atoms with Crippen LogP contribution in [0.25, 0.3) is 0 Å². The van der Waals surface area contributed by atoms with Gasteiger partial charge in [-0.3, -0.25) is 4.79 Å². The molecule has 2 N–H and O–H groups in total. The molecular weight excluding hydrogens is 335 g/mol. The number of anilines is 2. The van der Waals surface area contributed by atoms with Crippen LogP contribution in [-0.4, -0.2) is 21.4 Å². The highest BCUT2D eigenvalue weighted by Gasteiger charge is 2.17. The minimum absolute atomic E-state index is 0.250. The quantitative estimate of drug-likeness (QED) is 0.860. The Bertz CT molecular complexity index is 741. The Kier molecular flexibility index (Phi) is 5.12. The van der Waals surface area contributed by atoms with Gasteiger partial charge in [0.25, 0.3) is 5.91 Å². The Morgan fingerprint density at radius 2 is 1.78 bits per heavy atom. The maximum absolute atomic E-state index is 12.2. The number of aromatic nitrogens is 2. The van der Waals surface area contributed by atoms with Crippen LogP contribution >= 0.6 is 23.2 Å². The second-order valence-electron chi connectivity index (χ2n) is 6.18. The maximum atomic E-state index is 12.2. The topological polar surface area (TPSA) is 66.9 Å². The fourth-order valence-corrected chi connectivity index (χ4v) is 2.15. The number of halogens is 2. The van der Waals surface area contributed by atoms with Gasteiger partial charge in [-0.2, -0.15) is 0 Å². The Morgan fingerprint density at radius 3 is 2.39 bits per heavy atom. The summed E-state index contributed by atoms with van der Waals surface area (Å²) >= 11 is 11.9. The summed E-state index contributed by atoms with van der Waals surface area (Å²) in [4.78, 5) is 20.8. The second-order valence-corrected chi connectivity index (χ2v) is 6.99. The molecule has 0 atom stereocenters. The predicted molar refractivity (Wildman–Crippen MR) is 93.7 cm³/mol. The fourth-order valence-electron chi connectivity index (χ4n) is 1.85. The lowest BCUT2D eigenvalue weighted by Crippen LogP contribution is -2.41. The summed E-state index contributed by atoms with van der Waals surface area (Å²) in [6.45, 7) is 7.53. The maximum Gasteiger partial charge on any atom is 0.270 e. The van der Waals surface area contributed by atoms with E-state index < -0.39 is 0 Å². The van der Waals surface area contributed by atoms with Crippen LogP contribution in [-0.2, 0) is 0 Å². The molecule has 122 valence electrons. The van der Waals surface area contributed by atoms with Gasteiger partial charge in [0.2, 0.25) is 5.95 Å². The van der Waals surface area contributed by atoms with Crippen molar-refractivity contribution in [3.8, 4) is 0 Å². The number of carbonyl (C=O) groups is 1. The molecule has 0 fully saturated rings.